The number of allylic oxidation sites excluding steroid dienone is 1. The number of nitrogens with one attached hydrogen (secondary N) is 2. The first-order valence-corrected chi connectivity index (χ1v) is 12.4. The van der Waals surface area contributed by atoms with Gasteiger partial charge in [-0.05, 0) is 60.1 Å². The van der Waals surface area contributed by atoms with Gasteiger partial charge in [-0.25, -0.2) is 8.78 Å². The largest absolute Gasteiger partial charge is 0.511 e. The van der Waals surface area contributed by atoms with Gasteiger partial charge in [0.05, 0.1) is 18.3 Å². The van der Waals surface area contributed by atoms with E-state index < -0.39 is 36.0 Å². The number of rotatable bonds is 12. The van der Waals surface area contributed by atoms with Crippen LogP contribution in [0, 0.1) is 17.6 Å². The summed E-state index contributed by atoms with van der Waals surface area (Å²) in [4.78, 5) is 0.742. The van der Waals surface area contributed by atoms with Gasteiger partial charge in [0.2, 0.25) is 0 Å². The zero-order chi connectivity index (χ0) is 26.5. The monoisotopic (exact) mass is 538 g/mol. The van der Waals surface area contributed by atoms with E-state index in [1.54, 1.807) is 44.4 Å². The first-order chi connectivity index (χ1) is 17.2. The van der Waals surface area contributed by atoms with Gasteiger partial charge in [-0.2, -0.15) is 0 Å². The summed E-state index contributed by atoms with van der Waals surface area (Å²) in [6, 6.07) is 8.97. The minimum atomic E-state index is -1.46. The van der Waals surface area contributed by atoms with Crippen molar-refractivity contribution < 1.29 is 28.8 Å². The molecule has 0 heterocycles. The molecule has 0 spiro atoms. The number of ether oxygens (including phenoxy) is 1. The van der Waals surface area contributed by atoms with Gasteiger partial charge in [0.25, 0.3) is 0 Å². The molecule has 1 aliphatic rings. The highest BCUT2D eigenvalue weighted by atomic mass is 35.5. The molecular formula is C26H29ClF2N2O4S. The Kier molecular flexibility index (Phi) is 9.30. The molecule has 2 aromatic carbocycles. The molecule has 10 heteroatoms. The van der Waals surface area contributed by atoms with E-state index in [0.717, 1.165) is 29.0 Å². The van der Waals surface area contributed by atoms with Crippen LogP contribution in [0.15, 0.2) is 71.5 Å². The molecule has 1 aliphatic carbocycles. The van der Waals surface area contributed by atoms with Gasteiger partial charge in [0, 0.05) is 34.6 Å². The highest BCUT2D eigenvalue weighted by Gasteiger charge is 2.67. The molecule has 2 aromatic rings. The Morgan fingerprint density at radius 1 is 1.31 bits per heavy atom. The number of halogens is 3. The molecular weight excluding hydrogens is 510 g/mol. The summed E-state index contributed by atoms with van der Waals surface area (Å²) in [5, 5.41) is 37.6. The number of benzene rings is 2. The fourth-order valence-electron chi connectivity index (χ4n) is 4.04. The maximum Gasteiger partial charge on any atom is 0.192 e. The van der Waals surface area contributed by atoms with E-state index in [0.29, 0.717) is 16.3 Å². The van der Waals surface area contributed by atoms with E-state index >= 15 is 0 Å². The van der Waals surface area contributed by atoms with Crippen LogP contribution in [0.3, 0.4) is 0 Å². The Bertz CT molecular complexity index is 1150. The fourth-order valence-corrected chi connectivity index (χ4v) is 4.88. The van der Waals surface area contributed by atoms with Crippen LogP contribution < -0.4 is 10.6 Å². The highest BCUT2D eigenvalue weighted by Crippen LogP contribution is 2.48. The third kappa shape index (κ3) is 5.98. The van der Waals surface area contributed by atoms with Gasteiger partial charge in [0.1, 0.15) is 11.9 Å². The van der Waals surface area contributed by atoms with Gasteiger partial charge in [-0.15, -0.1) is 6.58 Å². The molecule has 4 atom stereocenters. The normalized spacial score (nSPS) is 22.6. The molecule has 1 saturated carbocycles. The zero-order valence-corrected chi connectivity index (χ0v) is 21.4. The maximum atomic E-state index is 14.1. The molecule has 4 unspecified atom stereocenters. The van der Waals surface area contributed by atoms with E-state index in [9.17, 15) is 24.1 Å². The lowest BCUT2D eigenvalue weighted by molar-refractivity contribution is -0.0540. The van der Waals surface area contributed by atoms with E-state index in [2.05, 4.69) is 17.2 Å². The summed E-state index contributed by atoms with van der Waals surface area (Å²) < 4.78 is 34.0. The summed E-state index contributed by atoms with van der Waals surface area (Å²) in [6.45, 7) is 4.85. The zero-order valence-electron chi connectivity index (χ0n) is 19.8. The molecule has 0 saturated heterocycles. The molecule has 5 N–H and O–H groups in total. The molecule has 0 aliphatic heterocycles. The standard InChI is InChI=1S/C26H29ClF2N2O4S/c1-4-5-16-10-17(11-20(28)24(16)29)21(30-3)12-31-25-15(2)26(25,34)22(13-32)35-23(14-33)36-19-8-6-18(27)7-9-19/h4,6-12,14-15,22,25,30-34H,1,5,13H2,2-3H3/b21-12-,23-14-. The molecule has 1 fully saturated rings. The van der Waals surface area contributed by atoms with Crippen LogP contribution in [0.1, 0.15) is 18.1 Å². The predicted octanol–water partition coefficient (Wildman–Crippen LogP) is 4.73. The van der Waals surface area contributed by atoms with Gasteiger partial charge in [-0.1, -0.05) is 24.6 Å². The van der Waals surface area contributed by atoms with Crippen molar-refractivity contribution in [3.63, 3.8) is 0 Å². The van der Waals surface area contributed by atoms with E-state index in [1.165, 1.54) is 12.1 Å². The number of hydrogen-bond acceptors (Lipinski definition) is 7. The Morgan fingerprint density at radius 3 is 2.58 bits per heavy atom. The number of thioether (sulfide) groups is 1. The van der Waals surface area contributed by atoms with Crippen LogP contribution in [0.2, 0.25) is 5.02 Å². The van der Waals surface area contributed by atoms with Crippen LogP contribution in [-0.2, 0) is 11.2 Å². The predicted molar refractivity (Wildman–Crippen MR) is 138 cm³/mol. The summed E-state index contributed by atoms with van der Waals surface area (Å²) in [5.41, 5.74) is -0.400. The summed E-state index contributed by atoms with van der Waals surface area (Å²) in [5.74, 6) is -2.22. The summed E-state index contributed by atoms with van der Waals surface area (Å²) in [6.07, 6.45) is 2.94. The molecule has 0 amide bonds. The average Bonchev–Trinajstić information content (AvgIpc) is 3.40. The SMILES string of the molecule is C=CCc1cc(/C(=C/NC2C(C)C2(O)C(CO)O/C(=C/O)Sc2ccc(Cl)cc2)NC)cc(F)c1F. The lowest BCUT2D eigenvalue weighted by atomic mass is 10.0. The topological polar surface area (TPSA) is 94.0 Å². The van der Waals surface area contributed by atoms with Crippen molar-refractivity contribution in [1.29, 1.82) is 0 Å². The van der Waals surface area contributed by atoms with Crippen LogP contribution in [0.4, 0.5) is 8.78 Å². The van der Waals surface area contributed by atoms with Gasteiger partial charge in [0.15, 0.2) is 22.8 Å². The van der Waals surface area contributed by atoms with Crippen molar-refractivity contribution in [2.45, 2.75) is 36.0 Å². The van der Waals surface area contributed by atoms with Crippen molar-refractivity contribution >= 4 is 29.1 Å². The van der Waals surface area contributed by atoms with E-state index in [1.807, 2.05) is 0 Å². The van der Waals surface area contributed by atoms with Gasteiger partial charge >= 0.3 is 0 Å². The van der Waals surface area contributed by atoms with Crippen LogP contribution in [-0.4, -0.2) is 46.7 Å². The minimum absolute atomic E-state index is 0.0886. The molecule has 194 valence electrons. The second kappa shape index (κ2) is 12.0. The highest BCUT2D eigenvalue weighted by molar-refractivity contribution is 8.02. The van der Waals surface area contributed by atoms with Crippen molar-refractivity contribution in [3.8, 4) is 0 Å². The van der Waals surface area contributed by atoms with Gasteiger partial charge < -0.3 is 30.7 Å². The summed E-state index contributed by atoms with van der Waals surface area (Å²) >= 11 is 7.01. The summed E-state index contributed by atoms with van der Waals surface area (Å²) in [7, 11) is 1.64. The average molecular weight is 539 g/mol. The third-order valence-electron chi connectivity index (χ3n) is 6.15. The van der Waals surface area contributed by atoms with Gasteiger partial charge in [-0.3, -0.25) is 0 Å². The first-order valence-electron chi connectivity index (χ1n) is 11.2. The van der Waals surface area contributed by atoms with Crippen molar-refractivity contribution in [2.24, 2.45) is 5.92 Å². The Labute approximate surface area is 218 Å². The van der Waals surface area contributed by atoms with E-state index in [4.69, 9.17) is 16.3 Å². The Hall–Kier alpha value is -2.72. The Morgan fingerprint density at radius 2 is 2.00 bits per heavy atom. The van der Waals surface area contributed by atoms with Crippen molar-refractivity contribution in [2.75, 3.05) is 13.7 Å². The van der Waals surface area contributed by atoms with E-state index in [-0.39, 0.29) is 23.0 Å². The van der Waals surface area contributed by atoms with Crippen LogP contribution in [0.25, 0.3) is 5.70 Å². The minimum Gasteiger partial charge on any atom is -0.511 e. The molecule has 3 rings (SSSR count). The second-order valence-corrected chi connectivity index (χ2v) is 9.86. The first kappa shape index (κ1) is 27.9. The number of hydrogen-bond donors (Lipinski definition) is 5. The molecule has 0 bridgehead atoms. The van der Waals surface area contributed by atoms with Crippen LogP contribution >= 0.6 is 23.4 Å². The number of aliphatic hydroxyl groups excluding tert-OH is 2. The Balaban J connectivity index is 1.74. The quantitative estimate of drug-likeness (QED) is 0.151. The van der Waals surface area contributed by atoms with Crippen molar-refractivity contribution in [3.05, 3.63) is 94.4 Å². The smallest absolute Gasteiger partial charge is 0.192 e. The van der Waals surface area contributed by atoms with Crippen molar-refractivity contribution in [1.82, 2.24) is 10.6 Å². The molecule has 36 heavy (non-hydrogen) atoms. The second-order valence-electron chi connectivity index (χ2n) is 8.35. The third-order valence-corrected chi connectivity index (χ3v) is 7.31. The molecule has 0 radical (unpaired) electrons. The van der Waals surface area contributed by atoms with Crippen LogP contribution in [0.5, 0.6) is 0 Å². The molecule has 0 aromatic heterocycles. The lowest BCUT2D eigenvalue weighted by Crippen LogP contribution is -2.40. The number of aliphatic hydroxyl groups is 3. The fraction of sp³-hybridized carbons (Fsp3) is 0.308. The maximum absolute atomic E-state index is 14.1. The lowest BCUT2D eigenvalue weighted by Gasteiger charge is -2.24. The molecule has 6 nitrogen and oxygen atoms in total.